The van der Waals surface area contributed by atoms with Crippen LogP contribution in [0.1, 0.15) is 36.0 Å². The molecule has 5 heteroatoms. The zero-order valence-corrected chi connectivity index (χ0v) is 15.7. The van der Waals surface area contributed by atoms with E-state index in [1.54, 1.807) is 25.1 Å². The van der Waals surface area contributed by atoms with Gasteiger partial charge >= 0.3 is 5.97 Å². The van der Waals surface area contributed by atoms with Crippen LogP contribution in [0.2, 0.25) is 0 Å². The van der Waals surface area contributed by atoms with Gasteiger partial charge in [0, 0.05) is 23.6 Å². The summed E-state index contributed by atoms with van der Waals surface area (Å²) in [5, 5.41) is 0. The molecule has 0 bridgehead atoms. The van der Waals surface area contributed by atoms with Crippen LogP contribution in [0.3, 0.4) is 0 Å². The molecule has 3 rings (SSSR count). The quantitative estimate of drug-likeness (QED) is 0.765. The lowest BCUT2D eigenvalue weighted by Gasteiger charge is -2.34. The van der Waals surface area contributed by atoms with Gasteiger partial charge in [0.05, 0.1) is 19.2 Å². The van der Waals surface area contributed by atoms with E-state index in [-0.39, 0.29) is 30.6 Å². The molecule has 1 unspecified atom stereocenters. The normalized spacial score (nSPS) is 17.3. The van der Waals surface area contributed by atoms with E-state index in [0.29, 0.717) is 16.8 Å². The Hall–Kier alpha value is -2.95. The van der Waals surface area contributed by atoms with Crippen LogP contribution in [0.25, 0.3) is 0 Å². The third-order valence-electron chi connectivity index (χ3n) is 4.96. The second-order valence-electron chi connectivity index (χ2n) is 6.73. The van der Waals surface area contributed by atoms with E-state index < -0.39 is 5.97 Å². The molecule has 1 atom stereocenters. The lowest BCUT2D eigenvalue weighted by atomic mass is 9.83. The molecule has 0 aromatic heterocycles. The Labute approximate surface area is 158 Å². The number of hydrogen-bond acceptors (Lipinski definition) is 3. The summed E-state index contributed by atoms with van der Waals surface area (Å²) < 4.78 is 19.1. The van der Waals surface area contributed by atoms with Gasteiger partial charge in [-0.05, 0) is 25.5 Å². The van der Waals surface area contributed by atoms with Crippen LogP contribution in [-0.4, -0.2) is 23.9 Å². The molecule has 0 radical (unpaired) electrons. The van der Waals surface area contributed by atoms with E-state index in [0.717, 1.165) is 11.1 Å². The van der Waals surface area contributed by atoms with Gasteiger partial charge in [-0.25, -0.2) is 9.18 Å². The van der Waals surface area contributed by atoms with Crippen LogP contribution in [0, 0.1) is 12.7 Å². The second kappa shape index (κ2) is 7.74. The third-order valence-corrected chi connectivity index (χ3v) is 4.96. The predicted molar refractivity (Wildman–Crippen MR) is 100 cm³/mol. The first-order chi connectivity index (χ1) is 12.9. The van der Waals surface area contributed by atoms with Crippen molar-refractivity contribution >= 4 is 11.9 Å². The number of nitrogens with zero attached hydrogens (tertiary/aromatic N) is 1. The highest BCUT2D eigenvalue weighted by Crippen LogP contribution is 2.38. The zero-order chi connectivity index (χ0) is 19.6. The number of esters is 1. The van der Waals surface area contributed by atoms with Gasteiger partial charge in [0.1, 0.15) is 5.82 Å². The molecule has 1 aliphatic heterocycles. The van der Waals surface area contributed by atoms with E-state index in [1.165, 1.54) is 18.1 Å². The minimum absolute atomic E-state index is 0.0817. The van der Waals surface area contributed by atoms with Crippen molar-refractivity contribution in [3.63, 3.8) is 0 Å². The summed E-state index contributed by atoms with van der Waals surface area (Å²) in [5.41, 5.74) is 3.31. The molecule has 140 valence electrons. The predicted octanol–water partition coefficient (Wildman–Crippen LogP) is 4.10. The minimum atomic E-state index is -0.468. The van der Waals surface area contributed by atoms with Crippen LogP contribution in [0.5, 0.6) is 0 Å². The Morgan fingerprint density at radius 1 is 1.19 bits per heavy atom. The molecule has 1 amide bonds. The van der Waals surface area contributed by atoms with Crippen molar-refractivity contribution in [2.24, 2.45) is 0 Å². The first-order valence-corrected chi connectivity index (χ1v) is 8.81. The molecule has 2 aromatic carbocycles. The first-order valence-electron chi connectivity index (χ1n) is 8.81. The molecule has 1 aliphatic rings. The highest BCUT2D eigenvalue weighted by molar-refractivity contribution is 5.95. The Kier molecular flexibility index (Phi) is 5.40. The largest absolute Gasteiger partial charge is 0.466 e. The lowest BCUT2D eigenvalue weighted by molar-refractivity contribution is -0.138. The van der Waals surface area contributed by atoms with E-state index in [1.807, 2.05) is 31.2 Å². The number of halogens is 1. The van der Waals surface area contributed by atoms with Crippen molar-refractivity contribution in [2.45, 2.75) is 32.7 Å². The van der Waals surface area contributed by atoms with Crippen molar-refractivity contribution in [3.05, 3.63) is 82.3 Å². The van der Waals surface area contributed by atoms with Crippen molar-refractivity contribution in [1.82, 2.24) is 4.90 Å². The van der Waals surface area contributed by atoms with Crippen LogP contribution in [0.4, 0.5) is 4.39 Å². The average molecular weight is 367 g/mol. The van der Waals surface area contributed by atoms with Crippen LogP contribution in [-0.2, 0) is 20.9 Å². The Morgan fingerprint density at radius 3 is 2.59 bits per heavy atom. The van der Waals surface area contributed by atoms with Crippen molar-refractivity contribution in [2.75, 3.05) is 7.11 Å². The molecule has 0 fully saturated rings. The average Bonchev–Trinajstić information content (AvgIpc) is 2.65. The van der Waals surface area contributed by atoms with Crippen molar-refractivity contribution in [3.8, 4) is 0 Å². The molecule has 27 heavy (non-hydrogen) atoms. The number of carbonyl (C=O) groups excluding carboxylic acids is 2. The van der Waals surface area contributed by atoms with Gasteiger partial charge in [-0.1, -0.05) is 48.0 Å². The molecule has 0 aliphatic carbocycles. The highest BCUT2D eigenvalue weighted by atomic mass is 19.1. The molecule has 0 saturated carbocycles. The second-order valence-corrected chi connectivity index (χ2v) is 6.73. The summed E-state index contributed by atoms with van der Waals surface area (Å²) >= 11 is 0. The Morgan fingerprint density at radius 2 is 1.93 bits per heavy atom. The number of carbonyl (C=O) groups is 2. The van der Waals surface area contributed by atoms with Gasteiger partial charge in [-0.15, -0.1) is 0 Å². The molecule has 2 aromatic rings. The molecule has 4 nitrogen and oxygen atoms in total. The number of hydrogen-bond donors (Lipinski definition) is 0. The van der Waals surface area contributed by atoms with Gasteiger partial charge in [0.25, 0.3) is 0 Å². The van der Waals surface area contributed by atoms with Gasteiger partial charge in [-0.2, -0.15) is 0 Å². The molecule has 0 N–H and O–H groups in total. The van der Waals surface area contributed by atoms with E-state index in [9.17, 15) is 14.0 Å². The van der Waals surface area contributed by atoms with E-state index >= 15 is 0 Å². The summed E-state index contributed by atoms with van der Waals surface area (Å²) in [6.45, 7) is 3.76. The Balaban J connectivity index is 2.05. The topological polar surface area (TPSA) is 46.6 Å². The monoisotopic (exact) mass is 367 g/mol. The molecular weight excluding hydrogens is 345 g/mol. The first kappa shape index (κ1) is 18.8. The molecular formula is C22H22FNO3. The maximum Gasteiger partial charge on any atom is 0.336 e. The van der Waals surface area contributed by atoms with Gasteiger partial charge in [0.2, 0.25) is 5.91 Å². The number of ether oxygens (including phenoxy) is 1. The fourth-order valence-electron chi connectivity index (χ4n) is 3.55. The summed E-state index contributed by atoms with van der Waals surface area (Å²) in [4.78, 5) is 26.9. The van der Waals surface area contributed by atoms with Gasteiger partial charge in [0.15, 0.2) is 0 Å². The fraction of sp³-hybridized carbons (Fsp3) is 0.273. The van der Waals surface area contributed by atoms with Crippen LogP contribution in [0.15, 0.2) is 59.8 Å². The zero-order valence-electron chi connectivity index (χ0n) is 15.7. The number of amides is 1. The number of allylic oxidation sites excluding steroid dienone is 1. The van der Waals surface area contributed by atoms with Crippen LogP contribution < -0.4 is 0 Å². The smallest absolute Gasteiger partial charge is 0.336 e. The lowest BCUT2D eigenvalue weighted by Crippen LogP contribution is -2.38. The van der Waals surface area contributed by atoms with E-state index in [2.05, 4.69) is 0 Å². The maximum atomic E-state index is 14.1. The number of benzene rings is 2. The van der Waals surface area contributed by atoms with E-state index in [4.69, 9.17) is 4.74 Å². The Bertz CT molecular complexity index is 919. The minimum Gasteiger partial charge on any atom is -0.466 e. The molecule has 0 spiro atoms. The van der Waals surface area contributed by atoms with Gasteiger partial charge < -0.3 is 9.64 Å². The maximum absolute atomic E-state index is 14.1. The summed E-state index contributed by atoms with van der Waals surface area (Å²) in [5.74, 6) is -1.36. The van der Waals surface area contributed by atoms with Crippen molar-refractivity contribution < 1.29 is 18.7 Å². The van der Waals surface area contributed by atoms with Crippen LogP contribution >= 0.6 is 0 Å². The van der Waals surface area contributed by atoms with Gasteiger partial charge in [-0.3, -0.25) is 4.79 Å². The summed E-state index contributed by atoms with van der Waals surface area (Å²) in [6, 6.07) is 14.1. The number of aryl methyl sites for hydroxylation is 1. The standard InChI is InChI=1S/C22H22FNO3/c1-14-7-6-9-16(11-14)18-12-20(25)24(15(2)21(18)22(26)27-3)13-17-8-4-5-10-19(17)23/h4-11,18H,12-13H2,1-3H3. The summed E-state index contributed by atoms with van der Waals surface area (Å²) in [6.07, 6.45) is 0.139. The molecule has 0 saturated heterocycles. The highest BCUT2D eigenvalue weighted by Gasteiger charge is 2.36. The van der Waals surface area contributed by atoms with Crippen molar-refractivity contribution in [1.29, 1.82) is 0 Å². The number of rotatable bonds is 4. The fourth-order valence-corrected chi connectivity index (χ4v) is 3.55. The SMILES string of the molecule is COC(=O)C1=C(C)N(Cc2ccccc2F)C(=O)CC1c1cccc(C)c1. The number of methoxy groups -OCH3 is 1. The summed E-state index contributed by atoms with van der Waals surface area (Å²) in [7, 11) is 1.33. The molecule has 1 heterocycles. The third kappa shape index (κ3) is 3.77.